The number of hydrogen-bond donors (Lipinski definition) is 2. The Kier molecular flexibility index (Phi) is 4.81. The van der Waals surface area contributed by atoms with Gasteiger partial charge in [0.15, 0.2) is 0 Å². The summed E-state index contributed by atoms with van der Waals surface area (Å²) in [6, 6.07) is 15.4. The molecule has 0 unspecified atom stereocenters. The summed E-state index contributed by atoms with van der Waals surface area (Å²) >= 11 is 0. The van der Waals surface area contributed by atoms with Crippen LogP contribution in [0.2, 0.25) is 0 Å². The number of ether oxygens (including phenoxy) is 1. The molecule has 0 aromatic heterocycles. The monoisotopic (exact) mass is 310 g/mol. The van der Waals surface area contributed by atoms with E-state index in [1.165, 1.54) is 12.8 Å². The largest absolute Gasteiger partial charge is 0.487 e. The molecule has 2 aromatic carbocycles. The minimum Gasteiger partial charge on any atom is -0.487 e. The maximum Gasteiger partial charge on any atom is 0.251 e. The van der Waals surface area contributed by atoms with Crippen LogP contribution in [0, 0.1) is 0 Å². The maximum atomic E-state index is 12.2. The zero-order valence-electron chi connectivity index (χ0n) is 13.1. The van der Waals surface area contributed by atoms with E-state index in [4.69, 9.17) is 10.5 Å². The molecule has 0 aliphatic heterocycles. The number of carbonyl (C=O) groups excluding carboxylic acids is 1. The molecular weight excluding hydrogens is 288 g/mol. The van der Waals surface area contributed by atoms with E-state index >= 15 is 0 Å². The number of nitrogens with one attached hydrogen (secondary N) is 1. The fourth-order valence-electron chi connectivity index (χ4n) is 2.90. The van der Waals surface area contributed by atoms with E-state index in [0.717, 1.165) is 18.4 Å². The van der Waals surface area contributed by atoms with E-state index in [1.807, 2.05) is 30.3 Å². The zero-order valence-corrected chi connectivity index (χ0v) is 13.1. The molecule has 3 rings (SSSR count). The van der Waals surface area contributed by atoms with Crippen LogP contribution >= 0.6 is 0 Å². The van der Waals surface area contributed by atoms with Crippen molar-refractivity contribution in [2.75, 3.05) is 5.73 Å². The lowest BCUT2D eigenvalue weighted by Gasteiger charge is -2.13. The minimum atomic E-state index is -0.0572. The first-order valence-corrected chi connectivity index (χ1v) is 8.09. The topological polar surface area (TPSA) is 64.4 Å². The van der Waals surface area contributed by atoms with Crippen LogP contribution in [0.15, 0.2) is 48.5 Å². The van der Waals surface area contributed by atoms with Gasteiger partial charge >= 0.3 is 0 Å². The second-order valence-electron chi connectivity index (χ2n) is 5.98. The van der Waals surface area contributed by atoms with Crippen LogP contribution in [0.4, 0.5) is 5.69 Å². The summed E-state index contributed by atoms with van der Waals surface area (Å²) in [4.78, 5) is 12.2. The number of nitrogens with two attached hydrogens (primary N) is 1. The van der Waals surface area contributed by atoms with Gasteiger partial charge in [-0.1, -0.05) is 43.2 Å². The molecule has 1 aliphatic carbocycles. The predicted molar refractivity (Wildman–Crippen MR) is 91.4 cm³/mol. The fraction of sp³-hybridized carbons (Fsp3) is 0.316. The number of carbonyl (C=O) groups is 1. The summed E-state index contributed by atoms with van der Waals surface area (Å²) in [6.07, 6.45) is 4.53. The summed E-state index contributed by atoms with van der Waals surface area (Å²) in [6.45, 7) is 0.457. The van der Waals surface area contributed by atoms with Crippen molar-refractivity contribution in [3.8, 4) is 5.75 Å². The quantitative estimate of drug-likeness (QED) is 0.831. The molecule has 1 saturated carbocycles. The molecule has 4 nitrogen and oxygen atoms in total. The molecule has 1 amide bonds. The van der Waals surface area contributed by atoms with Crippen LogP contribution in [-0.4, -0.2) is 11.9 Å². The Morgan fingerprint density at radius 3 is 2.57 bits per heavy atom. The highest BCUT2D eigenvalue weighted by Crippen LogP contribution is 2.24. The number of nitrogen functional groups attached to an aromatic ring is 1. The van der Waals surface area contributed by atoms with Gasteiger partial charge in [0.2, 0.25) is 0 Å². The first kappa shape index (κ1) is 15.4. The Hall–Kier alpha value is -2.49. The van der Waals surface area contributed by atoms with Gasteiger partial charge in [0.1, 0.15) is 12.4 Å². The number of rotatable bonds is 5. The van der Waals surface area contributed by atoms with Crippen molar-refractivity contribution in [1.82, 2.24) is 5.32 Å². The van der Waals surface area contributed by atoms with Gasteiger partial charge in [0.05, 0.1) is 5.69 Å². The van der Waals surface area contributed by atoms with Crippen LogP contribution in [0.1, 0.15) is 41.6 Å². The molecule has 0 bridgehead atoms. The predicted octanol–water partition coefficient (Wildman–Crippen LogP) is 3.52. The third kappa shape index (κ3) is 4.03. The lowest BCUT2D eigenvalue weighted by atomic mass is 10.1. The Balaban J connectivity index is 1.62. The van der Waals surface area contributed by atoms with Crippen LogP contribution < -0.4 is 15.8 Å². The fourth-order valence-corrected chi connectivity index (χ4v) is 2.90. The Morgan fingerprint density at radius 1 is 1.13 bits per heavy atom. The first-order chi connectivity index (χ1) is 11.2. The van der Waals surface area contributed by atoms with Crippen molar-refractivity contribution < 1.29 is 9.53 Å². The molecule has 0 spiro atoms. The second kappa shape index (κ2) is 7.18. The molecule has 0 heterocycles. The van der Waals surface area contributed by atoms with Crippen molar-refractivity contribution in [3.05, 3.63) is 59.7 Å². The third-order valence-electron chi connectivity index (χ3n) is 4.20. The van der Waals surface area contributed by atoms with Crippen LogP contribution in [0.5, 0.6) is 5.75 Å². The molecule has 4 heteroatoms. The molecule has 120 valence electrons. The lowest BCUT2D eigenvalue weighted by molar-refractivity contribution is 0.0938. The zero-order chi connectivity index (χ0) is 16.1. The molecule has 1 fully saturated rings. The summed E-state index contributed by atoms with van der Waals surface area (Å²) in [7, 11) is 0. The summed E-state index contributed by atoms with van der Waals surface area (Å²) in [5.74, 6) is 0.546. The van der Waals surface area contributed by atoms with Crippen molar-refractivity contribution in [3.63, 3.8) is 0 Å². The van der Waals surface area contributed by atoms with Crippen molar-refractivity contribution in [2.45, 2.75) is 38.3 Å². The van der Waals surface area contributed by atoms with E-state index in [2.05, 4.69) is 5.32 Å². The summed E-state index contributed by atoms with van der Waals surface area (Å²) in [5.41, 5.74) is 8.18. The van der Waals surface area contributed by atoms with E-state index in [9.17, 15) is 4.79 Å². The standard InChI is InChI=1S/C19H22N2O2/c20-17-12-15(19(22)21-16-8-4-5-9-16)10-11-18(17)23-13-14-6-2-1-3-7-14/h1-3,6-7,10-12,16H,4-5,8-9,13,20H2,(H,21,22). The average molecular weight is 310 g/mol. The third-order valence-corrected chi connectivity index (χ3v) is 4.20. The van der Waals surface area contributed by atoms with Gasteiger partial charge in [-0.3, -0.25) is 4.79 Å². The molecule has 0 radical (unpaired) electrons. The van der Waals surface area contributed by atoms with E-state index in [1.54, 1.807) is 18.2 Å². The summed E-state index contributed by atoms with van der Waals surface area (Å²) < 4.78 is 5.73. The van der Waals surface area contributed by atoms with Gasteiger partial charge in [-0.15, -0.1) is 0 Å². The maximum absolute atomic E-state index is 12.2. The molecule has 23 heavy (non-hydrogen) atoms. The molecular formula is C19H22N2O2. The molecule has 3 N–H and O–H groups in total. The van der Waals surface area contributed by atoms with Gasteiger partial charge in [-0.05, 0) is 36.6 Å². The van der Waals surface area contributed by atoms with Crippen LogP contribution in [-0.2, 0) is 6.61 Å². The van der Waals surface area contributed by atoms with Gasteiger partial charge in [0, 0.05) is 11.6 Å². The number of amides is 1. The summed E-state index contributed by atoms with van der Waals surface area (Å²) in [5, 5.41) is 3.06. The smallest absolute Gasteiger partial charge is 0.251 e. The molecule has 2 aromatic rings. The van der Waals surface area contributed by atoms with E-state index < -0.39 is 0 Å². The van der Waals surface area contributed by atoms with Gasteiger partial charge in [-0.2, -0.15) is 0 Å². The van der Waals surface area contributed by atoms with Crippen LogP contribution in [0.3, 0.4) is 0 Å². The van der Waals surface area contributed by atoms with Gasteiger partial charge < -0.3 is 15.8 Å². The SMILES string of the molecule is Nc1cc(C(=O)NC2CCCC2)ccc1OCc1ccccc1. The molecule has 1 aliphatic rings. The average Bonchev–Trinajstić information content (AvgIpc) is 3.07. The Morgan fingerprint density at radius 2 is 1.87 bits per heavy atom. The van der Waals surface area contributed by atoms with E-state index in [0.29, 0.717) is 29.6 Å². The Bertz CT molecular complexity index is 664. The first-order valence-electron chi connectivity index (χ1n) is 8.09. The number of anilines is 1. The lowest BCUT2D eigenvalue weighted by Crippen LogP contribution is -2.32. The number of hydrogen-bond acceptors (Lipinski definition) is 3. The van der Waals surface area contributed by atoms with Gasteiger partial charge in [-0.25, -0.2) is 0 Å². The normalized spacial score (nSPS) is 14.6. The molecule has 0 atom stereocenters. The highest BCUT2D eigenvalue weighted by Gasteiger charge is 2.18. The highest BCUT2D eigenvalue weighted by molar-refractivity contribution is 5.95. The van der Waals surface area contributed by atoms with Crippen molar-refractivity contribution >= 4 is 11.6 Å². The van der Waals surface area contributed by atoms with Crippen molar-refractivity contribution in [2.24, 2.45) is 0 Å². The van der Waals surface area contributed by atoms with Gasteiger partial charge in [0.25, 0.3) is 5.91 Å². The molecule has 0 saturated heterocycles. The van der Waals surface area contributed by atoms with Crippen LogP contribution in [0.25, 0.3) is 0 Å². The number of benzene rings is 2. The highest BCUT2D eigenvalue weighted by atomic mass is 16.5. The second-order valence-corrected chi connectivity index (χ2v) is 5.98. The Labute approximate surface area is 136 Å². The minimum absolute atomic E-state index is 0.0572. The van der Waals surface area contributed by atoms with E-state index in [-0.39, 0.29) is 5.91 Å². The van der Waals surface area contributed by atoms with Crippen molar-refractivity contribution in [1.29, 1.82) is 0 Å².